The zero-order chi connectivity index (χ0) is 14.1. The number of hydrogen-bond acceptors (Lipinski definition) is 4. The van der Waals surface area contributed by atoms with Gasteiger partial charge in [-0.3, -0.25) is 4.68 Å². The lowest BCUT2D eigenvalue weighted by atomic mass is 10.0. The topological polar surface area (TPSA) is 56.6 Å². The minimum atomic E-state index is -0.256. The van der Waals surface area contributed by atoms with Gasteiger partial charge in [0.1, 0.15) is 0 Å². The van der Waals surface area contributed by atoms with E-state index in [-0.39, 0.29) is 6.09 Å². The SMILES string of the molecule is COC(=O)N1CCc2c(c(C)nn2C2CCOCC2)C1. The average Bonchev–Trinajstić information content (AvgIpc) is 2.84. The highest BCUT2D eigenvalue weighted by atomic mass is 16.5. The molecule has 1 saturated heterocycles. The first-order valence-electron chi connectivity index (χ1n) is 7.18. The Morgan fingerprint density at radius 3 is 2.85 bits per heavy atom. The molecule has 3 heterocycles. The first-order chi connectivity index (χ1) is 9.70. The molecule has 2 aliphatic rings. The lowest BCUT2D eigenvalue weighted by molar-refractivity contribution is 0.0648. The normalized spacial score (nSPS) is 19.8. The maximum Gasteiger partial charge on any atom is 0.409 e. The molecule has 6 heteroatoms. The molecule has 1 amide bonds. The Hall–Kier alpha value is -1.56. The number of methoxy groups -OCH3 is 1. The van der Waals surface area contributed by atoms with Gasteiger partial charge in [-0.25, -0.2) is 4.79 Å². The van der Waals surface area contributed by atoms with Gasteiger partial charge in [0.2, 0.25) is 0 Å². The highest BCUT2D eigenvalue weighted by Crippen LogP contribution is 2.29. The second-order valence-corrected chi connectivity index (χ2v) is 5.44. The second kappa shape index (κ2) is 5.44. The van der Waals surface area contributed by atoms with Gasteiger partial charge in [0.05, 0.1) is 25.4 Å². The third-order valence-corrected chi connectivity index (χ3v) is 4.26. The molecule has 20 heavy (non-hydrogen) atoms. The van der Waals surface area contributed by atoms with Crippen LogP contribution in [0.15, 0.2) is 0 Å². The van der Waals surface area contributed by atoms with Crippen molar-refractivity contribution in [3.05, 3.63) is 17.0 Å². The predicted octanol–water partition coefficient (Wildman–Crippen LogP) is 1.67. The van der Waals surface area contributed by atoms with Crippen LogP contribution < -0.4 is 0 Å². The van der Waals surface area contributed by atoms with Gasteiger partial charge in [0, 0.05) is 37.4 Å². The van der Waals surface area contributed by atoms with Crippen LogP contribution in [0.25, 0.3) is 0 Å². The molecule has 0 unspecified atom stereocenters. The van der Waals surface area contributed by atoms with Gasteiger partial charge >= 0.3 is 6.09 Å². The molecule has 0 radical (unpaired) electrons. The van der Waals surface area contributed by atoms with Crippen molar-refractivity contribution < 1.29 is 14.3 Å². The van der Waals surface area contributed by atoms with Gasteiger partial charge in [-0.15, -0.1) is 0 Å². The zero-order valence-corrected chi connectivity index (χ0v) is 12.1. The number of ether oxygens (including phenoxy) is 2. The van der Waals surface area contributed by atoms with Gasteiger partial charge in [-0.05, 0) is 19.8 Å². The van der Waals surface area contributed by atoms with Crippen LogP contribution in [0, 0.1) is 6.92 Å². The maximum atomic E-state index is 11.7. The van der Waals surface area contributed by atoms with Crippen molar-refractivity contribution >= 4 is 6.09 Å². The van der Waals surface area contributed by atoms with E-state index in [1.807, 2.05) is 6.92 Å². The average molecular weight is 279 g/mol. The molecule has 0 saturated carbocycles. The summed E-state index contributed by atoms with van der Waals surface area (Å²) in [4.78, 5) is 13.4. The Morgan fingerprint density at radius 2 is 2.15 bits per heavy atom. The number of fused-ring (bicyclic) bond motifs is 1. The van der Waals surface area contributed by atoms with E-state index < -0.39 is 0 Å². The number of aryl methyl sites for hydroxylation is 1. The number of amides is 1. The third kappa shape index (κ3) is 2.28. The summed E-state index contributed by atoms with van der Waals surface area (Å²) in [6, 6.07) is 0.441. The quantitative estimate of drug-likeness (QED) is 0.784. The van der Waals surface area contributed by atoms with Crippen molar-refractivity contribution in [2.24, 2.45) is 0 Å². The molecule has 0 atom stereocenters. The Balaban J connectivity index is 1.85. The minimum absolute atomic E-state index is 0.256. The fraction of sp³-hybridized carbons (Fsp3) is 0.714. The summed E-state index contributed by atoms with van der Waals surface area (Å²) in [5.41, 5.74) is 3.50. The number of carbonyl (C=O) groups is 1. The van der Waals surface area contributed by atoms with Crippen LogP contribution in [0.2, 0.25) is 0 Å². The van der Waals surface area contributed by atoms with E-state index in [4.69, 9.17) is 14.6 Å². The Bertz CT molecular complexity index is 506. The third-order valence-electron chi connectivity index (χ3n) is 4.26. The first-order valence-corrected chi connectivity index (χ1v) is 7.18. The minimum Gasteiger partial charge on any atom is -0.453 e. The van der Waals surface area contributed by atoms with Gasteiger partial charge in [-0.2, -0.15) is 5.10 Å². The van der Waals surface area contributed by atoms with E-state index in [9.17, 15) is 4.79 Å². The highest BCUT2D eigenvalue weighted by molar-refractivity contribution is 5.68. The molecule has 110 valence electrons. The summed E-state index contributed by atoms with van der Waals surface area (Å²) in [5.74, 6) is 0. The summed E-state index contributed by atoms with van der Waals surface area (Å²) < 4.78 is 12.4. The van der Waals surface area contributed by atoms with E-state index in [1.165, 1.54) is 18.4 Å². The van der Waals surface area contributed by atoms with Crippen LogP contribution in [0.5, 0.6) is 0 Å². The van der Waals surface area contributed by atoms with Crippen molar-refractivity contribution in [1.29, 1.82) is 0 Å². The predicted molar refractivity (Wildman–Crippen MR) is 72.6 cm³/mol. The lowest BCUT2D eigenvalue weighted by Crippen LogP contribution is -2.36. The van der Waals surface area contributed by atoms with Crippen molar-refractivity contribution in [1.82, 2.24) is 14.7 Å². The molecule has 1 fully saturated rings. The molecule has 0 bridgehead atoms. The molecular formula is C14H21N3O3. The standard InChI is InChI=1S/C14H21N3O3/c1-10-12-9-16(14(18)19-2)6-3-13(12)17(15-10)11-4-7-20-8-5-11/h11H,3-9H2,1-2H3. The number of nitrogens with zero attached hydrogens (tertiary/aromatic N) is 3. The molecule has 0 spiro atoms. The number of aromatic nitrogens is 2. The number of hydrogen-bond donors (Lipinski definition) is 0. The number of carbonyl (C=O) groups excluding carboxylic acids is 1. The van der Waals surface area contributed by atoms with E-state index in [0.717, 1.165) is 38.2 Å². The monoisotopic (exact) mass is 279 g/mol. The summed E-state index contributed by atoms with van der Waals surface area (Å²) in [5, 5.41) is 4.72. The van der Waals surface area contributed by atoms with Crippen molar-refractivity contribution in [2.75, 3.05) is 26.9 Å². The molecule has 0 N–H and O–H groups in total. The van der Waals surface area contributed by atoms with E-state index in [1.54, 1.807) is 4.90 Å². The van der Waals surface area contributed by atoms with Crippen LogP contribution in [0.3, 0.4) is 0 Å². The van der Waals surface area contributed by atoms with Crippen molar-refractivity contribution in [3.63, 3.8) is 0 Å². The second-order valence-electron chi connectivity index (χ2n) is 5.44. The van der Waals surface area contributed by atoms with Gasteiger partial charge in [0.25, 0.3) is 0 Å². The zero-order valence-electron chi connectivity index (χ0n) is 12.1. The Labute approximate surface area is 118 Å². The lowest BCUT2D eigenvalue weighted by Gasteiger charge is -2.29. The molecule has 2 aliphatic heterocycles. The summed E-state index contributed by atoms with van der Waals surface area (Å²) >= 11 is 0. The summed E-state index contributed by atoms with van der Waals surface area (Å²) in [7, 11) is 1.43. The molecule has 1 aromatic rings. The van der Waals surface area contributed by atoms with Crippen LogP contribution >= 0.6 is 0 Å². The highest BCUT2D eigenvalue weighted by Gasteiger charge is 2.29. The van der Waals surface area contributed by atoms with Gasteiger partial charge in [-0.1, -0.05) is 0 Å². The van der Waals surface area contributed by atoms with Gasteiger partial charge in [0.15, 0.2) is 0 Å². The van der Waals surface area contributed by atoms with Crippen molar-refractivity contribution in [2.45, 2.75) is 38.8 Å². The first kappa shape index (κ1) is 13.4. The molecule has 1 aromatic heterocycles. The van der Waals surface area contributed by atoms with E-state index in [2.05, 4.69) is 4.68 Å². The van der Waals surface area contributed by atoms with Crippen LogP contribution in [0.4, 0.5) is 4.79 Å². The van der Waals surface area contributed by atoms with E-state index >= 15 is 0 Å². The smallest absolute Gasteiger partial charge is 0.409 e. The fourth-order valence-corrected chi connectivity index (χ4v) is 3.13. The molecule has 0 aromatic carbocycles. The van der Waals surface area contributed by atoms with Crippen LogP contribution in [-0.4, -0.2) is 47.6 Å². The van der Waals surface area contributed by atoms with Crippen LogP contribution in [0.1, 0.15) is 35.8 Å². The summed E-state index contributed by atoms with van der Waals surface area (Å²) in [6.07, 6.45) is 2.64. The maximum absolute atomic E-state index is 11.7. The molecular weight excluding hydrogens is 258 g/mol. The Morgan fingerprint density at radius 1 is 1.40 bits per heavy atom. The number of rotatable bonds is 1. The molecule has 6 nitrogen and oxygen atoms in total. The largest absolute Gasteiger partial charge is 0.453 e. The van der Waals surface area contributed by atoms with E-state index in [0.29, 0.717) is 19.1 Å². The molecule has 3 rings (SSSR count). The van der Waals surface area contributed by atoms with Crippen molar-refractivity contribution in [3.8, 4) is 0 Å². The molecule has 0 aliphatic carbocycles. The van der Waals surface area contributed by atoms with Crippen LogP contribution in [-0.2, 0) is 22.4 Å². The summed E-state index contributed by atoms with van der Waals surface area (Å²) in [6.45, 7) is 4.96. The Kier molecular flexibility index (Phi) is 3.65. The fourth-order valence-electron chi connectivity index (χ4n) is 3.13. The van der Waals surface area contributed by atoms with Gasteiger partial charge < -0.3 is 14.4 Å².